The van der Waals surface area contributed by atoms with E-state index in [9.17, 15) is 19.5 Å². The minimum Gasteiger partial charge on any atom is -0.478 e. The molecule has 0 spiro atoms. The molecule has 2 unspecified atom stereocenters. The van der Waals surface area contributed by atoms with E-state index in [2.05, 4.69) is 4.74 Å². The maximum atomic E-state index is 11.2. The molecule has 0 saturated heterocycles. The highest BCUT2D eigenvalue weighted by molar-refractivity contribution is 5.87. The lowest BCUT2D eigenvalue weighted by Crippen LogP contribution is -2.25. The summed E-state index contributed by atoms with van der Waals surface area (Å²) >= 11 is 0. The molecule has 1 aliphatic heterocycles. The zero-order valence-electron chi connectivity index (χ0n) is 14.5. The molecule has 1 aliphatic rings. The fourth-order valence-electron chi connectivity index (χ4n) is 2.82. The first-order chi connectivity index (χ1) is 12.4. The molecule has 7 heteroatoms. The van der Waals surface area contributed by atoms with Gasteiger partial charge in [-0.3, -0.25) is 4.79 Å². The summed E-state index contributed by atoms with van der Waals surface area (Å²) in [5.74, 6) is -2.07. The Morgan fingerprint density at radius 2 is 1.88 bits per heavy atom. The van der Waals surface area contributed by atoms with Crippen LogP contribution in [-0.4, -0.2) is 40.5 Å². The minimum absolute atomic E-state index is 0.262. The second kappa shape index (κ2) is 9.15. The van der Waals surface area contributed by atoms with Crippen LogP contribution in [0.4, 0.5) is 0 Å². The average molecular weight is 362 g/mol. The Kier molecular flexibility index (Phi) is 6.91. The van der Waals surface area contributed by atoms with Gasteiger partial charge in [-0.15, -0.1) is 0 Å². The summed E-state index contributed by atoms with van der Waals surface area (Å²) in [6, 6.07) is 6.76. The van der Waals surface area contributed by atoms with E-state index in [1.165, 1.54) is 13.0 Å². The summed E-state index contributed by atoms with van der Waals surface area (Å²) in [4.78, 5) is 33.3. The maximum Gasteiger partial charge on any atom is 0.335 e. The Balaban J connectivity index is 1.78. The quantitative estimate of drug-likeness (QED) is 0.512. The van der Waals surface area contributed by atoms with Crippen LogP contribution in [0.5, 0.6) is 0 Å². The van der Waals surface area contributed by atoms with Gasteiger partial charge < -0.3 is 19.7 Å². The van der Waals surface area contributed by atoms with Gasteiger partial charge in [0.25, 0.3) is 0 Å². The first-order valence-corrected chi connectivity index (χ1v) is 8.46. The molecule has 0 radical (unpaired) electrons. The maximum absolute atomic E-state index is 11.2. The highest BCUT2D eigenvalue weighted by Gasteiger charge is 2.31. The first-order valence-electron chi connectivity index (χ1n) is 8.46. The molecule has 1 aromatic rings. The summed E-state index contributed by atoms with van der Waals surface area (Å²) in [6.45, 7) is 1.28. The zero-order chi connectivity index (χ0) is 19.1. The number of ether oxygens (including phenoxy) is 2. The van der Waals surface area contributed by atoms with E-state index in [1.807, 2.05) is 0 Å². The van der Waals surface area contributed by atoms with E-state index in [0.717, 1.165) is 31.2 Å². The number of carboxylic acids is 1. The smallest absolute Gasteiger partial charge is 0.335 e. The summed E-state index contributed by atoms with van der Waals surface area (Å²) < 4.78 is 9.84. The van der Waals surface area contributed by atoms with Crippen LogP contribution in [0.2, 0.25) is 0 Å². The van der Waals surface area contributed by atoms with Crippen LogP contribution >= 0.6 is 0 Å². The molecular weight excluding hydrogens is 340 g/mol. The van der Waals surface area contributed by atoms with Gasteiger partial charge in [0.15, 0.2) is 0 Å². The average Bonchev–Trinajstić information content (AvgIpc) is 2.92. The van der Waals surface area contributed by atoms with Gasteiger partial charge in [-0.05, 0) is 43.4 Å². The number of aliphatic hydroxyl groups is 1. The number of hydrogen-bond donors (Lipinski definition) is 2. The first kappa shape index (κ1) is 19.7. The second-order valence-corrected chi connectivity index (χ2v) is 6.13. The standard InChI is InChI=1S/C19H22O7/c1-12(20)25-16(15-11-17(21)26-19(15)24)6-4-2-3-5-13-7-9-14(10-8-13)18(22)23/h7-11,16,19,24H,2-6H2,1H3,(H,22,23). The molecule has 0 amide bonds. The third-order valence-corrected chi connectivity index (χ3v) is 4.11. The lowest BCUT2D eigenvalue weighted by atomic mass is 10.0. The van der Waals surface area contributed by atoms with Crippen LogP contribution in [0.25, 0.3) is 0 Å². The number of aryl methyl sites for hydroxylation is 1. The van der Waals surface area contributed by atoms with Gasteiger partial charge in [-0.25, -0.2) is 9.59 Å². The molecule has 2 atom stereocenters. The second-order valence-electron chi connectivity index (χ2n) is 6.13. The number of carboxylic acid groups (broad SMARTS) is 1. The van der Waals surface area contributed by atoms with Crippen LogP contribution < -0.4 is 0 Å². The molecule has 1 aromatic carbocycles. The predicted octanol–water partition coefficient (Wildman–Crippen LogP) is 2.22. The number of aromatic carboxylic acids is 1. The van der Waals surface area contributed by atoms with Crippen LogP contribution in [0, 0.1) is 0 Å². The Labute approximate surface area is 151 Å². The monoisotopic (exact) mass is 362 g/mol. The van der Waals surface area contributed by atoms with Crippen LogP contribution in [0.15, 0.2) is 35.9 Å². The van der Waals surface area contributed by atoms with E-state index in [0.29, 0.717) is 6.42 Å². The van der Waals surface area contributed by atoms with E-state index < -0.39 is 30.3 Å². The normalized spacial score (nSPS) is 17.4. The van der Waals surface area contributed by atoms with Crippen LogP contribution in [0.1, 0.15) is 48.5 Å². The highest BCUT2D eigenvalue weighted by Crippen LogP contribution is 2.24. The van der Waals surface area contributed by atoms with Crippen molar-refractivity contribution in [3.8, 4) is 0 Å². The highest BCUT2D eigenvalue weighted by atomic mass is 16.6. The van der Waals surface area contributed by atoms with Crippen molar-refractivity contribution >= 4 is 17.9 Å². The van der Waals surface area contributed by atoms with Gasteiger partial charge in [-0.2, -0.15) is 0 Å². The number of cyclic esters (lactones) is 1. The molecule has 0 saturated carbocycles. The Morgan fingerprint density at radius 3 is 2.42 bits per heavy atom. The fraction of sp³-hybridized carbons (Fsp3) is 0.421. The molecule has 0 bridgehead atoms. The Bertz CT molecular complexity index is 690. The fourth-order valence-corrected chi connectivity index (χ4v) is 2.82. The summed E-state index contributed by atoms with van der Waals surface area (Å²) in [5.41, 5.74) is 1.59. The topological polar surface area (TPSA) is 110 Å². The third kappa shape index (κ3) is 5.70. The lowest BCUT2D eigenvalue weighted by Gasteiger charge is -2.19. The number of aliphatic hydroxyl groups excluding tert-OH is 1. The van der Waals surface area contributed by atoms with Crippen molar-refractivity contribution in [3.05, 3.63) is 47.0 Å². The minimum atomic E-state index is -1.36. The van der Waals surface area contributed by atoms with Crippen molar-refractivity contribution < 1.29 is 34.1 Å². The number of carbonyl (C=O) groups excluding carboxylic acids is 2. The molecule has 0 fully saturated rings. The Morgan fingerprint density at radius 1 is 1.19 bits per heavy atom. The molecule has 2 rings (SSSR count). The molecule has 140 valence electrons. The summed E-state index contributed by atoms with van der Waals surface area (Å²) in [5, 5.41) is 18.6. The van der Waals surface area contributed by atoms with E-state index in [4.69, 9.17) is 9.84 Å². The molecule has 26 heavy (non-hydrogen) atoms. The van der Waals surface area contributed by atoms with Gasteiger partial charge in [0.05, 0.1) is 5.56 Å². The molecule has 2 N–H and O–H groups in total. The predicted molar refractivity (Wildman–Crippen MR) is 91.3 cm³/mol. The molecule has 0 aromatic heterocycles. The van der Waals surface area contributed by atoms with Crippen molar-refractivity contribution in [2.45, 2.75) is 51.4 Å². The number of hydrogen-bond acceptors (Lipinski definition) is 6. The van der Waals surface area contributed by atoms with Gasteiger partial charge in [0.2, 0.25) is 6.29 Å². The van der Waals surface area contributed by atoms with E-state index in [-0.39, 0.29) is 11.1 Å². The molecule has 0 aliphatic carbocycles. The van der Waals surface area contributed by atoms with Crippen molar-refractivity contribution in [2.24, 2.45) is 0 Å². The lowest BCUT2D eigenvalue weighted by molar-refractivity contribution is -0.153. The number of rotatable bonds is 9. The van der Waals surface area contributed by atoms with Crippen molar-refractivity contribution in [1.82, 2.24) is 0 Å². The van der Waals surface area contributed by atoms with Crippen molar-refractivity contribution in [2.75, 3.05) is 0 Å². The molecule has 1 heterocycles. The van der Waals surface area contributed by atoms with E-state index >= 15 is 0 Å². The number of esters is 2. The summed E-state index contributed by atoms with van der Waals surface area (Å²) in [6.07, 6.45) is 2.91. The summed E-state index contributed by atoms with van der Waals surface area (Å²) in [7, 11) is 0. The molecule has 7 nitrogen and oxygen atoms in total. The van der Waals surface area contributed by atoms with Gasteiger partial charge in [-0.1, -0.05) is 18.6 Å². The number of carbonyl (C=O) groups is 3. The Hall–Kier alpha value is -2.67. The zero-order valence-corrected chi connectivity index (χ0v) is 14.5. The number of benzene rings is 1. The number of unbranched alkanes of at least 4 members (excludes halogenated alkanes) is 2. The van der Waals surface area contributed by atoms with Crippen molar-refractivity contribution in [3.63, 3.8) is 0 Å². The van der Waals surface area contributed by atoms with Gasteiger partial charge >= 0.3 is 17.9 Å². The van der Waals surface area contributed by atoms with E-state index in [1.54, 1.807) is 24.3 Å². The van der Waals surface area contributed by atoms with Crippen LogP contribution in [0.3, 0.4) is 0 Å². The van der Waals surface area contributed by atoms with Gasteiger partial charge in [0.1, 0.15) is 6.10 Å². The van der Waals surface area contributed by atoms with Crippen molar-refractivity contribution in [1.29, 1.82) is 0 Å². The SMILES string of the molecule is CC(=O)OC(CCCCCc1ccc(C(=O)O)cc1)C1=CC(=O)OC1O. The molecular formula is C19H22O7. The third-order valence-electron chi connectivity index (χ3n) is 4.11. The van der Waals surface area contributed by atoms with Gasteiger partial charge in [0, 0.05) is 18.6 Å². The van der Waals surface area contributed by atoms with Crippen LogP contribution in [-0.2, 0) is 25.5 Å². The largest absolute Gasteiger partial charge is 0.478 e.